The molecule has 1 nitrogen and oxygen atoms in total. The van der Waals surface area contributed by atoms with E-state index in [1.165, 1.54) is 81.4 Å². The van der Waals surface area contributed by atoms with E-state index in [0.717, 1.165) is 6.42 Å². The van der Waals surface area contributed by atoms with Crippen LogP contribution in [0.25, 0.3) is 53.2 Å². The van der Waals surface area contributed by atoms with Crippen LogP contribution in [-0.2, 0) is 6.42 Å². The summed E-state index contributed by atoms with van der Waals surface area (Å²) in [5, 5.41) is 5.11. The summed E-state index contributed by atoms with van der Waals surface area (Å²) in [6, 6.07) is 55.7. The highest BCUT2D eigenvalue weighted by molar-refractivity contribution is 7.26. The van der Waals surface area contributed by atoms with Gasteiger partial charge in [0, 0.05) is 31.4 Å². The third kappa shape index (κ3) is 3.84. The van der Waals surface area contributed by atoms with Crippen LogP contribution in [0.15, 0.2) is 152 Å². The van der Waals surface area contributed by atoms with Crippen molar-refractivity contribution in [1.29, 1.82) is 0 Å². The van der Waals surface area contributed by atoms with E-state index < -0.39 is 0 Å². The first-order valence-corrected chi connectivity index (χ1v) is 15.6. The van der Waals surface area contributed by atoms with Gasteiger partial charge in [0.1, 0.15) is 0 Å². The molecule has 8 aromatic rings. The Bertz CT molecular complexity index is 2330. The molecule has 0 saturated carbocycles. The Labute approximate surface area is 254 Å². The molecule has 1 aliphatic carbocycles. The molecule has 0 radical (unpaired) electrons. The molecule has 9 rings (SSSR count). The molecule has 0 spiro atoms. The van der Waals surface area contributed by atoms with E-state index in [1.54, 1.807) is 0 Å². The molecule has 0 bridgehead atoms. The van der Waals surface area contributed by atoms with Gasteiger partial charge >= 0.3 is 0 Å². The lowest BCUT2D eigenvalue weighted by Gasteiger charge is -2.30. The van der Waals surface area contributed by atoms with Crippen LogP contribution in [0, 0.1) is 0 Å². The molecular weight excluding hydrogens is 539 g/mol. The Morgan fingerprint density at radius 1 is 0.488 bits per heavy atom. The Kier molecular flexibility index (Phi) is 5.50. The van der Waals surface area contributed by atoms with Gasteiger partial charge < -0.3 is 4.90 Å². The summed E-state index contributed by atoms with van der Waals surface area (Å²) < 4.78 is 2.62. The minimum atomic E-state index is 0.960. The van der Waals surface area contributed by atoms with Gasteiger partial charge in [-0.15, -0.1) is 11.3 Å². The van der Waals surface area contributed by atoms with Gasteiger partial charge in [-0.05, 0) is 81.4 Å². The Morgan fingerprint density at radius 2 is 1.23 bits per heavy atom. The molecule has 43 heavy (non-hydrogen) atoms. The minimum Gasteiger partial charge on any atom is -0.309 e. The SMILES string of the molecule is c1ccc(-c2c(N(c3ccc4c(c3)Cc3ccccc3-4)c3cccc4sc5ccccc5c34)ccc3ccccc23)cc1. The molecule has 0 amide bonds. The van der Waals surface area contributed by atoms with Crippen LogP contribution in [-0.4, -0.2) is 0 Å². The fraction of sp³-hybridized carbons (Fsp3) is 0.0244. The lowest BCUT2D eigenvalue weighted by Crippen LogP contribution is -2.12. The van der Waals surface area contributed by atoms with Gasteiger partial charge in [0.15, 0.2) is 0 Å². The van der Waals surface area contributed by atoms with Crippen molar-refractivity contribution in [3.8, 4) is 22.3 Å². The summed E-state index contributed by atoms with van der Waals surface area (Å²) in [6.07, 6.45) is 0.960. The number of thiophene rings is 1. The smallest absolute Gasteiger partial charge is 0.0555 e. The van der Waals surface area contributed by atoms with Gasteiger partial charge in [-0.3, -0.25) is 0 Å². The number of benzene rings is 7. The van der Waals surface area contributed by atoms with Gasteiger partial charge in [0.25, 0.3) is 0 Å². The number of fused-ring (bicyclic) bond motifs is 7. The second-order valence-electron chi connectivity index (χ2n) is 11.3. The lowest BCUT2D eigenvalue weighted by atomic mass is 9.94. The van der Waals surface area contributed by atoms with Gasteiger partial charge in [-0.25, -0.2) is 0 Å². The molecule has 0 unspecified atom stereocenters. The summed E-state index contributed by atoms with van der Waals surface area (Å²) in [7, 11) is 0. The van der Waals surface area contributed by atoms with Gasteiger partial charge in [-0.1, -0.05) is 115 Å². The second-order valence-corrected chi connectivity index (χ2v) is 12.4. The van der Waals surface area contributed by atoms with Gasteiger partial charge in [-0.2, -0.15) is 0 Å². The maximum atomic E-state index is 2.51. The van der Waals surface area contributed by atoms with Crippen molar-refractivity contribution in [1.82, 2.24) is 0 Å². The van der Waals surface area contributed by atoms with Crippen molar-refractivity contribution in [2.24, 2.45) is 0 Å². The van der Waals surface area contributed by atoms with Crippen LogP contribution in [0.5, 0.6) is 0 Å². The van der Waals surface area contributed by atoms with Crippen molar-refractivity contribution in [2.75, 3.05) is 4.90 Å². The number of rotatable bonds is 4. The highest BCUT2D eigenvalue weighted by Gasteiger charge is 2.25. The Hall–Kier alpha value is -5.18. The molecule has 0 aliphatic heterocycles. The first kappa shape index (κ1) is 24.4. The number of anilines is 3. The van der Waals surface area contributed by atoms with E-state index in [0.29, 0.717) is 0 Å². The molecular formula is C41H27NS. The van der Waals surface area contributed by atoms with Gasteiger partial charge in [0.05, 0.1) is 11.4 Å². The van der Waals surface area contributed by atoms with Crippen LogP contribution < -0.4 is 4.90 Å². The standard InChI is InChI=1S/C41H27NS/c1-2-12-28(13-3-1)40-34-16-7-4-11-27(34)21-24-37(40)42(31-22-23-33-30(26-31)25-29-14-5-6-15-32(29)33)36-18-10-20-39-41(36)35-17-8-9-19-38(35)43-39/h1-24,26H,25H2. The van der Waals surface area contributed by atoms with E-state index in [4.69, 9.17) is 0 Å². The average molecular weight is 566 g/mol. The largest absolute Gasteiger partial charge is 0.309 e. The van der Waals surface area contributed by atoms with Crippen molar-refractivity contribution in [3.63, 3.8) is 0 Å². The monoisotopic (exact) mass is 565 g/mol. The predicted molar refractivity (Wildman–Crippen MR) is 185 cm³/mol. The van der Waals surface area contributed by atoms with E-state index >= 15 is 0 Å². The van der Waals surface area contributed by atoms with Crippen molar-refractivity contribution < 1.29 is 0 Å². The third-order valence-corrected chi connectivity index (χ3v) is 10.0. The highest BCUT2D eigenvalue weighted by atomic mass is 32.1. The van der Waals surface area contributed by atoms with Crippen molar-refractivity contribution in [3.05, 3.63) is 163 Å². The summed E-state index contributed by atoms with van der Waals surface area (Å²) >= 11 is 1.87. The lowest BCUT2D eigenvalue weighted by molar-refractivity contribution is 1.24. The number of nitrogens with zero attached hydrogens (tertiary/aromatic N) is 1. The summed E-state index contributed by atoms with van der Waals surface area (Å²) in [5.41, 5.74) is 11.5. The molecule has 1 aliphatic rings. The molecule has 202 valence electrons. The molecule has 0 saturated heterocycles. The van der Waals surface area contributed by atoms with Crippen LogP contribution in [0.3, 0.4) is 0 Å². The fourth-order valence-electron chi connectivity index (χ4n) is 6.98. The molecule has 0 atom stereocenters. The van der Waals surface area contributed by atoms with E-state index in [2.05, 4.69) is 157 Å². The van der Waals surface area contributed by atoms with Crippen molar-refractivity contribution >= 4 is 59.3 Å². The zero-order chi connectivity index (χ0) is 28.3. The Balaban J connectivity index is 1.37. The molecule has 0 N–H and O–H groups in total. The number of hydrogen-bond acceptors (Lipinski definition) is 2. The predicted octanol–water partition coefficient (Wildman–Crippen LogP) is 11.9. The highest BCUT2D eigenvalue weighted by Crippen LogP contribution is 2.50. The van der Waals surface area contributed by atoms with E-state index in [1.807, 2.05) is 11.3 Å². The van der Waals surface area contributed by atoms with Gasteiger partial charge in [0.2, 0.25) is 0 Å². The first-order chi connectivity index (χ1) is 21.3. The number of hydrogen-bond donors (Lipinski definition) is 0. The quantitative estimate of drug-likeness (QED) is 0.205. The van der Waals surface area contributed by atoms with Crippen molar-refractivity contribution in [2.45, 2.75) is 6.42 Å². The Morgan fingerprint density at radius 3 is 2.16 bits per heavy atom. The average Bonchev–Trinajstić information content (AvgIpc) is 3.63. The van der Waals surface area contributed by atoms with E-state index in [9.17, 15) is 0 Å². The molecule has 2 heteroatoms. The van der Waals surface area contributed by atoms with Crippen LogP contribution in [0.2, 0.25) is 0 Å². The first-order valence-electron chi connectivity index (χ1n) is 14.8. The van der Waals surface area contributed by atoms with Crippen LogP contribution >= 0.6 is 11.3 Å². The topological polar surface area (TPSA) is 3.24 Å². The minimum absolute atomic E-state index is 0.960. The molecule has 0 fully saturated rings. The molecule has 7 aromatic carbocycles. The molecule has 1 aromatic heterocycles. The van der Waals surface area contributed by atoms with E-state index in [-0.39, 0.29) is 0 Å². The normalized spacial score (nSPS) is 12.1. The second kappa shape index (κ2) is 9.69. The molecule has 1 heterocycles. The van der Waals surface area contributed by atoms with Crippen LogP contribution in [0.1, 0.15) is 11.1 Å². The third-order valence-electron chi connectivity index (χ3n) is 8.87. The summed E-state index contributed by atoms with van der Waals surface area (Å²) in [4.78, 5) is 2.51. The zero-order valence-electron chi connectivity index (χ0n) is 23.5. The van der Waals surface area contributed by atoms with Crippen LogP contribution in [0.4, 0.5) is 17.1 Å². The fourth-order valence-corrected chi connectivity index (χ4v) is 8.10. The summed E-state index contributed by atoms with van der Waals surface area (Å²) in [5.74, 6) is 0. The summed E-state index contributed by atoms with van der Waals surface area (Å²) in [6.45, 7) is 0. The zero-order valence-corrected chi connectivity index (χ0v) is 24.3. The maximum absolute atomic E-state index is 2.51. The maximum Gasteiger partial charge on any atom is 0.0555 e.